The van der Waals surface area contributed by atoms with Crippen LogP contribution in [0.25, 0.3) is 22.3 Å². The van der Waals surface area contributed by atoms with Crippen molar-refractivity contribution < 1.29 is 23.0 Å². The summed E-state index contributed by atoms with van der Waals surface area (Å²) in [6, 6.07) is 10.3. The summed E-state index contributed by atoms with van der Waals surface area (Å²) in [5.41, 5.74) is 10.7. The summed E-state index contributed by atoms with van der Waals surface area (Å²) in [5, 5.41) is 2.73. The monoisotopic (exact) mass is 563 g/mol. The van der Waals surface area contributed by atoms with Gasteiger partial charge in [-0.15, -0.1) is 0 Å². The first-order valence-electron chi connectivity index (χ1n) is 14.2. The average Bonchev–Trinajstić information content (AvgIpc) is 3.47. The van der Waals surface area contributed by atoms with E-state index in [4.69, 9.17) is 15.2 Å². The maximum absolute atomic E-state index is 15.4. The fraction of sp³-hybridized carbons (Fsp3) is 0.419. The van der Waals surface area contributed by atoms with E-state index in [2.05, 4.69) is 27.1 Å². The van der Waals surface area contributed by atoms with Gasteiger partial charge in [0.1, 0.15) is 11.6 Å². The van der Waals surface area contributed by atoms with Crippen molar-refractivity contribution in [2.75, 3.05) is 63.7 Å². The zero-order chi connectivity index (χ0) is 28.5. The molecule has 3 aliphatic heterocycles. The number of amides is 1. The van der Waals surface area contributed by atoms with E-state index < -0.39 is 11.8 Å². The van der Waals surface area contributed by atoms with Crippen LogP contribution in [0.5, 0.6) is 0 Å². The first-order chi connectivity index (χ1) is 19.9. The molecule has 1 aromatic heterocycles. The number of aromatic nitrogens is 1. The molecule has 2 fully saturated rings. The second-order valence-electron chi connectivity index (χ2n) is 11.0. The predicted molar refractivity (Wildman–Crippen MR) is 154 cm³/mol. The normalized spacial score (nSPS) is 19.0. The Balaban J connectivity index is 1.38. The number of morpholine rings is 1. The zero-order valence-electron chi connectivity index (χ0n) is 23.2. The fourth-order valence-corrected chi connectivity index (χ4v) is 6.05. The Morgan fingerprint density at radius 1 is 1.07 bits per heavy atom. The fourth-order valence-electron chi connectivity index (χ4n) is 6.05. The molecule has 2 saturated heterocycles. The highest BCUT2D eigenvalue weighted by Gasteiger charge is 2.24. The summed E-state index contributed by atoms with van der Waals surface area (Å²) >= 11 is 0. The Labute approximate surface area is 238 Å². The maximum Gasteiger partial charge on any atom is 0.251 e. The van der Waals surface area contributed by atoms with E-state index in [1.54, 1.807) is 12.1 Å². The highest BCUT2D eigenvalue weighted by molar-refractivity contribution is 5.97. The molecule has 10 heteroatoms. The van der Waals surface area contributed by atoms with Gasteiger partial charge in [0.25, 0.3) is 5.91 Å². The van der Waals surface area contributed by atoms with E-state index in [1.807, 2.05) is 18.2 Å². The number of ether oxygens (including phenoxy) is 2. The van der Waals surface area contributed by atoms with Crippen LogP contribution in [-0.2, 0) is 22.4 Å². The summed E-state index contributed by atoms with van der Waals surface area (Å²) in [7, 11) is 2.07. The van der Waals surface area contributed by atoms with Crippen molar-refractivity contribution in [1.29, 1.82) is 0 Å². The van der Waals surface area contributed by atoms with Crippen molar-refractivity contribution in [3.8, 4) is 22.3 Å². The first kappa shape index (κ1) is 27.6. The van der Waals surface area contributed by atoms with Gasteiger partial charge >= 0.3 is 0 Å². The van der Waals surface area contributed by atoms with Crippen molar-refractivity contribution in [3.63, 3.8) is 0 Å². The van der Waals surface area contributed by atoms with E-state index in [0.717, 1.165) is 55.9 Å². The molecule has 6 rings (SSSR count). The van der Waals surface area contributed by atoms with Gasteiger partial charge in [0.05, 0.1) is 19.3 Å². The molecule has 0 spiro atoms. The molecule has 3 aromatic rings. The standard InChI is InChI=1S/C31H35F2N5O3/c1-37(18-22-3-2-10-41-22)17-21-13-19(4-5-28(21)38-8-11-40-12-9-38)23-15-26(30(34)36-29(23)33)25-14-20-6-7-35-31(39)24(20)16-27(25)32/h4-5,13-16,22H,2-3,6-12,17-18H2,1H3,(H2,34,36)(H,35,39). The number of hydrogen-bond acceptors (Lipinski definition) is 7. The van der Waals surface area contributed by atoms with Gasteiger partial charge in [-0.1, -0.05) is 6.07 Å². The minimum atomic E-state index is -0.721. The number of benzene rings is 2. The van der Waals surface area contributed by atoms with Gasteiger partial charge in [0.2, 0.25) is 5.95 Å². The van der Waals surface area contributed by atoms with Gasteiger partial charge in [0.15, 0.2) is 0 Å². The van der Waals surface area contributed by atoms with Crippen molar-refractivity contribution in [3.05, 3.63) is 64.9 Å². The van der Waals surface area contributed by atoms with E-state index in [9.17, 15) is 4.79 Å². The molecule has 0 bridgehead atoms. The quantitative estimate of drug-likeness (QED) is 0.420. The maximum atomic E-state index is 15.4. The number of nitrogens with two attached hydrogens (primary N) is 1. The molecule has 1 amide bonds. The molecule has 4 heterocycles. The van der Waals surface area contributed by atoms with Crippen LogP contribution in [0.1, 0.15) is 34.3 Å². The Hall–Kier alpha value is -3.60. The van der Waals surface area contributed by atoms with Gasteiger partial charge in [-0.05, 0) is 73.3 Å². The van der Waals surface area contributed by atoms with E-state index in [1.165, 1.54) is 6.07 Å². The Morgan fingerprint density at radius 2 is 1.90 bits per heavy atom. The number of nitrogens with zero attached hydrogens (tertiary/aromatic N) is 3. The number of fused-ring (bicyclic) bond motifs is 1. The number of nitrogen functional groups attached to an aromatic ring is 1. The number of halogens is 2. The molecule has 216 valence electrons. The van der Waals surface area contributed by atoms with Crippen LogP contribution in [0, 0.1) is 11.8 Å². The number of rotatable bonds is 7. The highest BCUT2D eigenvalue weighted by atomic mass is 19.1. The minimum Gasteiger partial charge on any atom is -0.383 e. The number of likely N-dealkylation sites (N-methyl/N-ethyl adjacent to an activating group) is 1. The molecule has 2 aromatic carbocycles. The minimum absolute atomic E-state index is 0.105. The van der Waals surface area contributed by atoms with Crippen LogP contribution < -0.4 is 16.0 Å². The lowest BCUT2D eigenvalue weighted by molar-refractivity contribution is 0.0793. The highest BCUT2D eigenvalue weighted by Crippen LogP contribution is 2.36. The van der Waals surface area contributed by atoms with Crippen LogP contribution in [0.2, 0.25) is 0 Å². The third-order valence-electron chi connectivity index (χ3n) is 8.13. The number of pyridine rings is 1. The van der Waals surface area contributed by atoms with Crippen LogP contribution in [-0.4, -0.2) is 74.9 Å². The smallest absolute Gasteiger partial charge is 0.251 e. The van der Waals surface area contributed by atoms with Crippen LogP contribution in [0.15, 0.2) is 36.4 Å². The number of hydrogen-bond donors (Lipinski definition) is 2. The van der Waals surface area contributed by atoms with Gasteiger partial charge in [-0.3, -0.25) is 9.69 Å². The van der Waals surface area contributed by atoms with Gasteiger partial charge in [-0.25, -0.2) is 9.37 Å². The van der Waals surface area contributed by atoms with E-state index >= 15 is 8.78 Å². The van der Waals surface area contributed by atoms with E-state index in [-0.39, 0.29) is 29.0 Å². The molecule has 3 N–H and O–H groups in total. The van der Waals surface area contributed by atoms with Crippen molar-refractivity contribution >= 4 is 17.4 Å². The van der Waals surface area contributed by atoms with Crippen LogP contribution in [0.4, 0.5) is 20.3 Å². The van der Waals surface area contributed by atoms with Crippen LogP contribution in [0.3, 0.4) is 0 Å². The molecule has 1 atom stereocenters. The zero-order valence-corrected chi connectivity index (χ0v) is 23.2. The summed E-state index contributed by atoms with van der Waals surface area (Å²) in [6.07, 6.45) is 2.92. The molecule has 41 heavy (non-hydrogen) atoms. The Bertz CT molecular complexity index is 1450. The Morgan fingerprint density at radius 3 is 2.68 bits per heavy atom. The molecule has 0 radical (unpaired) electrons. The van der Waals surface area contributed by atoms with Crippen molar-refractivity contribution in [2.24, 2.45) is 0 Å². The van der Waals surface area contributed by atoms with Crippen LogP contribution >= 0.6 is 0 Å². The molecule has 8 nitrogen and oxygen atoms in total. The first-order valence-corrected chi connectivity index (χ1v) is 14.2. The van der Waals surface area contributed by atoms with Gasteiger partial charge < -0.3 is 25.4 Å². The summed E-state index contributed by atoms with van der Waals surface area (Å²) in [6.45, 7) is 5.60. The lowest BCUT2D eigenvalue weighted by Gasteiger charge is -2.32. The molecule has 0 saturated carbocycles. The average molecular weight is 564 g/mol. The summed E-state index contributed by atoms with van der Waals surface area (Å²) in [5.74, 6) is -1.74. The largest absolute Gasteiger partial charge is 0.383 e. The number of carbonyl (C=O) groups excluding carboxylic acids is 1. The van der Waals surface area contributed by atoms with Gasteiger partial charge in [0, 0.05) is 67.3 Å². The molecule has 0 aliphatic carbocycles. The number of carbonyl (C=O) groups is 1. The number of anilines is 2. The van der Waals surface area contributed by atoms with Gasteiger partial charge in [-0.2, -0.15) is 4.39 Å². The molecular weight excluding hydrogens is 528 g/mol. The third-order valence-corrected chi connectivity index (χ3v) is 8.13. The van der Waals surface area contributed by atoms with Crippen molar-refractivity contribution in [2.45, 2.75) is 31.9 Å². The third kappa shape index (κ3) is 5.77. The molecule has 1 unspecified atom stereocenters. The molecule has 3 aliphatic rings. The Kier molecular flexibility index (Phi) is 7.88. The predicted octanol–water partition coefficient (Wildman–Crippen LogP) is 4.01. The molecular formula is C31H35F2N5O3. The summed E-state index contributed by atoms with van der Waals surface area (Å²) < 4.78 is 42.1. The van der Waals surface area contributed by atoms with Crippen molar-refractivity contribution in [1.82, 2.24) is 15.2 Å². The number of nitrogens with one attached hydrogen (secondary N) is 1. The lowest BCUT2D eigenvalue weighted by atomic mass is 9.93. The second kappa shape index (κ2) is 11.7. The SMILES string of the molecule is CN(Cc1cc(-c2cc(-c3cc4c(cc3F)C(=O)NCC4)c(N)nc2F)ccc1N1CCOCC1)CC1CCCO1. The van der Waals surface area contributed by atoms with E-state index in [0.29, 0.717) is 49.4 Å². The lowest BCUT2D eigenvalue weighted by Crippen LogP contribution is -2.37. The second-order valence-corrected chi connectivity index (χ2v) is 11.0. The summed E-state index contributed by atoms with van der Waals surface area (Å²) in [4.78, 5) is 20.7. The topological polar surface area (TPSA) is 93.0 Å².